The predicted molar refractivity (Wildman–Crippen MR) is 81.9 cm³/mol. The van der Waals surface area contributed by atoms with E-state index < -0.39 is 0 Å². The molecule has 0 radical (unpaired) electrons. The Morgan fingerprint density at radius 3 is 2.20 bits per heavy atom. The van der Waals surface area contributed by atoms with Gasteiger partial charge in [-0.25, -0.2) is 0 Å². The molecule has 0 heterocycles. The Labute approximate surface area is 120 Å². The zero-order valence-electron chi connectivity index (χ0n) is 11.9. The van der Waals surface area contributed by atoms with Gasteiger partial charge in [-0.3, -0.25) is 4.79 Å². The Morgan fingerprint density at radius 1 is 1.00 bits per heavy atom. The van der Waals surface area contributed by atoms with Crippen LogP contribution < -0.4 is 0 Å². The van der Waals surface area contributed by atoms with Gasteiger partial charge in [0.2, 0.25) is 0 Å². The maximum atomic E-state index is 12.3. The second-order valence-corrected chi connectivity index (χ2v) is 5.85. The summed E-state index contributed by atoms with van der Waals surface area (Å²) in [6.07, 6.45) is 3.37. The molecule has 1 aliphatic carbocycles. The molecule has 1 aliphatic rings. The van der Waals surface area contributed by atoms with Crippen molar-refractivity contribution in [2.24, 2.45) is 11.8 Å². The summed E-state index contributed by atoms with van der Waals surface area (Å²) in [5.74, 6) is 1.13. The second kappa shape index (κ2) is 5.62. The quantitative estimate of drug-likeness (QED) is 0.726. The van der Waals surface area contributed by atoms with Crippen LogP contribution in [0.2, 0.25) is 0 Å². The number of Topliss-reactive ketones (excluding diaryl/α,β-unsaturated/α-hetero) is 1. The van der Waals surface area contributed by atoms with Crippen molar-refractivity contribution >= 4 is 5.78 Å². The molecule has 0 aromatic heterocycles. The van der Waals surface area contributed by atoms with Gasteiger partial charge in [-0.15, -0.1) is 0 Å². The third-order valence-corrected chi connectivity index (χ3v) is 4.23. The number of hydrogen-bond acceptors (Lipinski definition) is 1. The molecule has 1 nitrogen and oxygen atoms in total. The van der Waals surface area contributed by atoms with Crippen molar-refractivity contribution in [1.29, 1.82) is 0 Å². The van der Waals surface area contributed by atoms with Gasteiger partial charge in [-0.2, -0.15) is 0 Å². The Balaban J connectivity index is 1.69. The van der Waals surface area contributed by atoms with Gasteiger partial charge in [0.05, 0.1) is 0 Å². The van der Waals surface area contributed by atoms with E-state index in [1.54, 1.807) is 0 Å². The Morgan fingerprint density at radius 2 is 1.60 bits per heavy atom. The molecule has 0 saturated heterocycles. The smallest absolute Gasteiger partial charge is 0.165 e. The van der Waals surface area contributed by atoms with E-state index in [1.807, 2.05) is 18.2 Å². The van der Waals surface area contributed by atoms with E-state index >= 15 is 0 Å². The van der Waals surface area contributed by atoms with E-state index in [9.17, 15) is 4.79 Å². The molecular formula is C19H20O. The normalized spacial score (nSPS) is 15.8. The van der Waals surface area contributed by atoms with Crippen molar-refractivity contribution in [3.05, 3.63) is 71.3 Å². The summed E-state index contributed by atoms with van der Waals surface area (Å²) in [6, 6.07) is 18.6. The van der Waals surface area contributed by atoms with Gasteiger partial charge in [0, 0.05) is 11.5 Å². The molecule has 1 saturated carbocycles. The molecule has 1 fully saturated rings. The first-order chi connectivity index (χ1) is 9.74. The highest BCUT2D eigenvalue weighted by atomic mass is 16.1. The lowest BCUT2D eigenvalue weighted by molar-refractivity contribution is 0.0916. The minimum absolute atomic E-state index is 0.190. The molecule has 1 heteroatoms. The molecule has 0 aliphatic heterocycles. The summed E-state index contributed by atoms with van der Waals surface area (Å²) in [4.78, 5) is 12.3. The topological polar surface area (TPSA) is 17.1 Å². The fraction of sp³-hybridized carbons (Fsp3) is 0.316. The molecule has 0 N–H and O–H groups in total. The van der Waals surface area contributed by atoms with Crippen LogP contribution in [0.1, 0.15) is 41.3 Å². The molecule has 20 heavy (non-hydrogen) atoms. The van der Waals surface area contributed by atoms with E-state index in [0.717, 1.165) is 12.0 Å². The summed E-state index contributed by atoms with van der Waals surface area (Å²) in [7, 11) is 0. The Hall–Kier alpha value is -1.89. The predicted octanol–water partition coefficient (Wildman–Crippen LogP) is 4.51. The summed E-state index contributed by atoms with van der Waals surface area (Å²) >= 11 is 0. The van der Waals surface area contributed by atoms with Crippen molar-refractivity contribution in [3.63, 3.8) is 0 Å². The zero-order valence-corrected chi connectivity index (χ0v) is 11.9. The van der Waals surface area contributed by atoms with Crippen LogP contribution in [0, 0.1) is 11.8 Å². The summed E-state index contributed by atoms with van der Waals surface area (Å²) < 4.78 is 0. The van der Waals surface area contributed by atoms with Crippen LogP contribution in [0.5, 0.6) is 0 Å². The number of carbonyl (C=O) groups is 1. The summed E-state index contributed by atoms with van der Waals surface area (Å²) in [5, 5.41) is 0. The van der Waals surface area contributed by atoms with Crippen LogP contribution in [0.25, 0.3) is 0 Å². The first-order valence-electron chi connectivity index (χ1n) is 7.41. The van der Waals surface area contributed by atoms with E-state index in [2.05, 4.69) is 43.3 Å². The maximum absolute atomic E-state index is 12.3. The fourth-order valence-electron chi connectivity index (χ4n) is 2.69. The van der Waals surface area contributed by atoms with E-state index in [1.165, 1.54) is 24.0 Å². The summed E-state index contributed by atoms with van der Waals surface area (Å²) in [6.45, 7) is 2.07. The summed E-state index contributed by atoms with van der Waals surface area (Å²) in [5.41, 5.74) is 3.42. The molecule has 2 aromatic rings. The van der Waals surface area contributed by atoms with Gasteiger partial charge in [-0.05, 0) is 36.3 Å². The largest absolute Gasteiger partial charge is 0.294 e. The average molecular weight is 264 g/mol. The zero-order chi connectivity index (χ0) is 13.9. The molecule has 1 unspecified atom stereocenters. The monoisotopic (exact) mass is 264 g/mol. The van der Waals surface area contributed by atoms with Crippen molar-refractivity contribution in [2.75, 3.05) is 0 Å². The standard InChI is InChI=1S/C19H20O/c1-14(17-11-12-17)19(20)18-9-7-16(8-10-18)13-15-5-3-2-4-6-15/h2-10,14,17H,11-13H2,1H3. The minimum atomic E-state index is 0.190. The highest BCUT2D eigenvalue weighted by molar-refractivity contribution is 5.98. The molecule has 2 aromatic carbocycles. The Kier molecular flexibility index (Phi) is 3.68. The van der Waals surface area contributed by atoms with Crippen LogP contribution in [-0.2, 0) is 6.42 Å². The maximum Gasteiger partial charge on any atom is 0.165 e. The van der Waals surface area contributed by atoms with Crippen LogP contribution in [0.3, 0.4) is 0 Å². The fourth-order valence-corrected chi connectivity index (χ4v) is 2.69. The number of hydrogen-bond donors (Lipinski definition) is 0. The van der Waals surface area contributed by atoms with Crippen LogP contribution in [0.15, 0.2) is 54.6 Å². The third-order valence-electron chi connectivity index (χ3n) is 4.23. The first kappa shape index (κ1) is 13.1. The van der Waals surface area contributed by atoms with Crippen LogP contribution in [0.4, 0.5) is 0 Å². The highest BCUT2D eigenvalue weighted by Crippen LogP contribution is 2.38. The second-order valence-electron chi connectivity index (χ2n) is 5.85. The minimum Gasteiger partial charge on any atom is -0.294 e. The molecule has 0 spiro atoms. The number of ketones is 1. The molecule has 0 amide bonds. The lowest BCUT2D eigenvalue weighted by Gasteiger charge is -2.09. The van der Waals surface area contributed by atoms with Crippen molar-refractivity contribution in [2.45, 2.75) is 26.2 Å². The number of carbonyl (C=O) groups excluding carboxylic acids is 1. The average Bonchev–Trinajstić information content (AvgIpc) is 3.32. The lowest BCUT2D eigenvalue weighted by atomic mass is 9.94. The van der Waals surface area contributed by atoms with Gasteiger partial charge in [0.15, 0.2) is 5.78 Å². The lowest BCUT2D eigenvalue weighted by Crippen LogP contribution is -2.13. The first-order valence-corrected chi connectivity index (χ1v) is 7.41. The van der Waals surface area contributed by atoms with E-state index in [-0.39, 0.29) is 5.92 Å². The van der Waals surface area contributed by atoms with Gasteiger partial charge in [0.1, 0.15) is 0 Å². The van der Waals surface area contributed by atoms with Gasteiger partial charge >= 0.3 is 0 Å². The molecule has 3 rings (SSSR count). The van der Waals surface area contributed by atoms with E-state index in [0.29, 0.717) is 11.7 Å². The van der Waals surface area contributed by atoms with Gasteiger partial charge in [-0.1, -0.05) is 61.5 Å². The number of benzene rings is 2. The number of rotatable bonds is 5. The molecule has 1 atom stereocenters. The highest BCUT2D eigenvalue weighted by Gasteiger charge is 2.32. The Bertz CT molecular complexity index is 579. The van der Waals surface area contributed by atoms with Crippen molar-refractivity contribution < 1.29 is 4.79 Å². The van der Waals surface area contributed by atoms with Crippen LogP contribution >= 0.6 is 0 Å². The SMILES string of the molecule is CC(C(=O)c1ccc(Cc2ccccc2)cc1)C1CC1. The molecular weight excluding hydrogens is 244 g/mol. The van der Waals surface area contributed by atoms with E-state index in [4.69, 9.17) is 0 Å². The molecule has 0 bridgehead atoms. The van der Waals surface area contributed by atoms with Gasteiger partial charge in [0.25, 0.3) is 0 Å². The molecule has 102 valence electrons. The third kappa shape index (κ3) is 2.98. The van der Waals surface area contributed by atoms with Crippen molar-refractivity contribution in [3.8, 4) is 0 Å². The van der Waals surface area contributed by atoms with Crippen LogP contribution in [-0.4, -0.2) is 5.78 Å². The van der Waals surface area contributed by atoms with Crippen molar-refractivity contribution in [1.82, 2.24) is 0 Å². The van der Waals surface area contributed by atoms with Gasteiger partial charge < -0.3 is 0 Å².